The Labute approximate surface area is 202 Å². The number of aromatic nitrogens is 1. The van der Waals surface area contributed by atoms with E-state index in [9.17, 15) is 9.59 Å². The van der Waals surface area contributed by atoms with E-state index < -0.39 is 0 Å². The van der Waals surface area contributed by atoms with Crippen LogP contribution in [0, 0.1) is 0 Å². The second-order valence-corrected chi connectivity index (χ2v) is 9.21. The Morgan fingerprint density at radius 2 is 1.94 bits per heavy atom. The minimum absolute atomic E-state index is 0.0608. The molecule has 1 atom stereocenters. The third-order valence-electron chi connectivity index (χ3n) is 5.84. The summed E-state index contributed by atoms with van der Waals surface area (Å²) in [6, 6.07) is 16.9. The number of rotatable bonds is 6. The van der Waals surface area contributed by atoms with E-state index in [4.69, 9.17) is 9.47 Å². The highest BCUT2D eigenvalue weighted by Crippen LogP contribution is 2.40. The van der Waals surface area contributed by atoms with Gasteiger partial charge in [-0.1, -0.05) is 30.0 Å². The maximum atomic E-state index is 13.3. The molecule has 0 saturated carbocycles. The first kappa shape index (κ1) is 22.3. The van der Waals surface area contributed by atoms with Crippen LogP contribution in [0.3, 0.4) is 0 Å². The van der Waals surface area contributed by atoms with Crippen molar-refractivity contribution in [2.24, 2.45) is 0 Å². The zero-order valence-electron chi connectivity index (χ0n) is 18.8. The van der Waals surface area contributed by atoms with Crippen LogP contribution in [0.5, 0.6) is 11.5 Å². The van der Waals surface area contributed by atoms with Gasteiger partial charge in [0.1, 0.15) is 18.2 Å². The first-order valence-corrected chi connectivity index (χ1v) is 12.1. The zero-order chi connectivity index (χ0) is 23.5. The van der Waals surface area contributed by atoms with Crippen molar-refractivity contribution in [2.75, 3.05) is 24.7 Å². The van der Waals surface area contributed by atoms with E-state index in [0.29, 0.717) is 48.9 Å². The molecule has 1 N–H and O–H groups in total. The number of fused-ring (bicyclic) bond motifs is 3. The molecule has 7 nitrogen and oxygen atoms in total. The largest absolute Gasteiger partial charge is 0.486 e. The lowest BCUT2D eigenvalue weighted by Gasteiger charge is -2.23. The minimum atomic E-state index is -0.168. The second kappa shape index (κ2) is 9.77. The van der Waals surface area contributed by atoms with Crippen molar-refractivity contribution in [3.63, 3.8) is 0 Å². The van der Waals surface area contributed by atoms with Crippen LogP contribution >= 0.6 is 11.8 Å². The molecule has 0 fully saturated rings. The van der Waals surface area contributed by atoms with E-state index in [1.807, 2.05) is 49.4 Å². The molecule has 1 aromatic heterocycles. The lowest BCUT2D eigenvalue weighted by atomic mass is 10.1. The summed E-state index contributed by atoms with van der Waals surface area (Å²) in [5.41, 5.74) is 2.39. The third-order valence-corrected chi connectivity index (χ3v) is 6.92. The number of carbonyl (C=O) groups excluding carboxylic acids is 2. The fourth-order valence-corrected chi connectivity index (χ4v) is 5.12. The van der Waals surface area contributed by atoms with Gasteiger partial charge >= 0.3 is 0 Å². The number of para-hydroxylation sites is 1. The van der Waals surface area contributed by atoms with E-state index in [-0.39, 0.29) is 17.9 Å². The van der Waals surface area contributed by atoms with E-state index in [1.165, 1.54) is 11.8 Å². The molecular weight excluding hydrogens is 450 g/mol. The van der Waals surface area contributed by atoms with Crippen LogP contribution in [0.1, 0.15) is 41.7 Å². The maximum absolute atomic E-state index is 13.3. The molecular formula is C26H25N3O4S. The van der Waals surface area contributed by atoms with Crippen LogP contribution in [0.15, 0.2) is 70.7 Å². The Bertz CT molecular complexity index is 1230. The quantitative estimate of drug-likeness (QED) is 0.560. The molecule has 2 aliphatic rings. The van der Waals surface area contributed by atoms with Crippen LogP contribution in [0.4, 0.5) is 5.69 Å². The summed E-state index contributed by atoms with van der Waals surface area (Å²) in [4.78, 5) is 33.1. The van der Waals surface area contributed by atoms with Crippen molar-refractivity contribution in [1.82, 2.24) is 10.3 Å². The SMILES string of the molecule is C[C@H](NC(=O)CCCN1C(=O)c2cccnc2Sc2ccccc21)c1ccc2c(c1)OCCO2. The van der Waals surface area contributed by atoms with Gasteiger partial charge in [0.05, 0.1) is 17.3 Å². The number of hydrogen-bond acceptors (Lipinski definition) is 6. The zero-order valence-corrected chi connectivity index (χ0v) is 19.6. The lowest BCUT2D eigenvalue weighted by Crippen LogP contribution is -2.33. The summed E-state index contributed by atoms with van der Waals surface area (Å²) in [5.74, 6) is 1.28. The predicted molar refractivity (Wildman–Crippen MR) is 130 cm³/mol. The second-order valence-electron chi connectivity index (χ2n) is 8.18. The summed E-state index contributed by atoms with van der Waals surface area (Å²) in [7, 11) is 0. The number of benzene rings is 2. The molecule has 2 aliphatic heterocycles. The molecule has 0 aliphatic carbocycles. The molecule has 3 aromatic rings. The van der Waals surface area contributed by atoms with E-state index >= 15 is 0 Å². The van der Waals surface area contributed by atoms with Gasteiger partial charge in [-0.2, -0.15) is 0 Å². The first-order valence-electron chi connectivity index (χ1n) is 11.3. The van der Waals surface area contributed by atoms with Crippen molar-refractivity contribution in [3.8, 4) is 11.5 Å². The fraction of sp³-hybridized carbons (Fsp3) is 0.269. The monoisotopic (exact) mass is 475 g/mol. The molecule has 0 radical (unpaired) electrons. The Morgan fingerprint density at radius 1 is 1.12 bits per heavy atom. The van der Waals surface area contributed by atoms with Gasteiger partial charge in [0.2, 0.25) is 5.91 Å². The van der Waals surface area contributed by atoms with Gasteiger partial charge in [0.25, 0.3) is 5.91 Å². The summed E-state index contributed by atoms with van der Waals surface area (Å²) < 4.78 is 11.2. The average molecular weight is 476 g/mol. The summed E-state index contributed by atoms with van der Waals surface area (Å²) in [6.07, 6.45) is 2.55. The molecule has 2 amide bonds. The summed E-state index contributed by atoms with van der Waals surface area (Å²) >= 11 is 1.49. The Morgan fingerprint density at radius 3 is 2.82 bits per heavy atom. The average Bonchev–Trinajstić information content (AvgIpc) is 2.98. The number of hydrogen-bond donors (Lipinski definition) is 1. The molecule has 0 saturated heterocycles. The number of anilines is 1. The Balaban J connectivity index is 1.23. The summed E-state index contributed by atoms with van der Waals surface area (Å²) in [5, 5.41) is 3.75. The van der Waals surface area contributed by atoms with Crippen LogP contribution in [-0.4, -0.2) is 36.6 Å². The van der Waals surface area contributed by atoms with Gasteiger partial charge in [-0.15, -0.1) is 0 Å². The highest BCUT2D eigenvalue weighted by Gasteiger charge is 2.27. The van der Waals surface area contributed by atoms with Crippen molar-refractivity contribution in [2.45, 2.75) is 35.7 Å². The van der Waals surface area contributed by atoms with Gasteiger partial charge in [-0.05, 0) is 55.3 Å². The van der Waals surface area contributed by atoms with E-state index in [0.717, 1.165) is 21.9 Å². The van der Waals surface area contributed by atoms with Crippen LogP contribution in [0.2, 0.25) is 0 Å². The van der Waals surface area contributed by atoms with Gasteiger partial charge in [0, 0.05) is 24.1 Å². The lowest BCUT2D eigenvalue weighted by molar-refractivity contribution is -0.121. The smallest absolute Gasteiger partial charge is 0.261 e. The third kappa shape index (κ3) is 4.59. The molecule has 34 heavy (non-hydrogen) atoms. The molecule has 0 bridgehead atoms. The van der Waals surface area contributed by atoms with Crippen molar-refractivity contribution >= 4 is 29.3 Å². The number of carbonyl (C=O) groups is 2. The van der Waals surface area contributed by atoms with Gasteiger partial charge in [-0.25, -0.2) is 4.98 Å². The Kier molecular flexibility index (Phi) is 6.40. The number of pyridine rings is 1. The van der Waals surface area contributed by atoms with Crippen LogP contribution in [-0.2, 0) is 4.79 Å². The molecule has 174 valence electrons. The highest BCUT2D eigenvalue weighted by molar-refractivity contribution is 7.99. The highest BCUT2D eigenvalue weighted by atomic mass is 32.2. The minimum Gasteiger partial charge on any atom is -0.486 e. The number of nitrogens with one attached hydrogen (secondary N) is 1. The molecule has 5 rings (SSSR count). The fourth-order valence-electron chi connectivity index (χ4n) is 4.11. The van der Waals surface area contributed by atoms with Crippen LogP contribution in [0.25, 0.3) is 0 Å². The number of amides is 2. The predicted octanol–water partition coefficient (Wildman–Crippen LogP) is 4.62. The van der Waals surface area contributed by atoms with E-state index in [2.05, 4.69) is 10.3 Å². The topological polar surface area (TPSA) is 80.8 Å². The first-order chi connectivity index (χ1) is 16.6. The van der Waals surface area contributed by atoms with Crippen molar-refractivity contribution in [1.29, 1.82) is 0 Å². The van der Waals surface area contributed by atoms with Gasteiger partial charge in [-0.3, -0.25) is 9.59 Å². The van der Waals surface area contributed by atoms with Crippen molar-refractivity contribution < 1.29 is 19.1 Å². The maximum Gasteiger partial charge on any atom is 0.261 e. The molecule has 8 heteroatoms. The molecule has 2 aromatic carbocycles. The number of nitrogens with zero attached hydrogens (tertiary/aromatic N) is 2. The van der Waals surface area contributed by atoms with Crippen molar-refractivity contribution in [3.05, 3.63) is 71.9 Å². The van der Waals surface area contributed by atoms with Gasteiger partial charge in [0.15, 0.2) is 11.5 Å². The van der Waals surface area contributed by atoms with E-state index in [1.54, 1.807) is 23.2 Å². The normalized spacial score (nSPS) is 15.1. The molecule has 0 spiro atoms. The van der Waals surface area contributed by atoms with Crippen LogP contribution < -0.4 is 19.7 Å². The summed E-state index contributed by atoms with van der Waals surface area (Å²) in [6.45, 7) is 3.45. The van der Waals surface area contributed by atoms with Gasteiger partial charge < -0.3 is 19.7 Å². The number of ether oxygens (including phenoxy) is 2. The molecule has 0 unspecified atom stereocenters. The molecule has 3 heterocycles. The Hall–Kier alpha value is -3.52. The standard InChI is InChI=1S/C26H25N3O4S/c1-17(18-10-11-21-22(16-18)33-15-14-32-21)28-24(30)9-5-13-29-20-7-2-3-8-23(20)34-25-19(26(29)31)6-4-12-27-25/h2-4,6-8,10-12,16-17H,5,9,13-15H2,1H3,(H,28,30)/t17-/m0/s1.